The van der Waals surface area contributed by atoms with Crippen molar-refractivity contribution in [1.29, 1.82) is 0 Å². The first-order valence-corrected chi connectivity index (χ1v) is 13.5. The van der Waals surface area contributed by atoms with E-state index in [-0.39, 0.29) is 11.8 Å². The van der Waals surface area contributed by atoms with Crippen LogP contribution in [0.5, 0.6) is 11.5 Å². The normalized spacial score (nSPS) is 13.9. The first-order valence-electron chi connectivity index (χ1n) is 11.9. The van der Waals surface area contributed by atoms with Crippen molar-refractivity contribution < 1.29 is 14.3 Å². The lowest BCUT2D eigenvalue weighted by atomic mass is 10.1. The fraction of sp³-hybridized carbons (Fsp3) is 0.286. The number of ether oxygens (including phenoxy) is 1. The van der Waals surface area contributed by atoms with E-state index in [0.29, 0.717) is 33.7 Å². The average molecular weight is 605 g/mol. The van der Waals surface area contributed by atoms with Crippen LogP contribution >= 0.6 is 39.1 Å². The average Bonchev–Trinajstić information content (AvgIpc) is 2.88. The Morgan fingerprint density at radius 1 is 0.919 bits per heavy atom. The lowest BCUT2D eigenvalue weighted by Gasteiger charge is -2.34. The van der Waals surface area contributed by atoms with Crippen molar-refractivity contribution in [1.82, 2.24) is 14.7 Å². The van der Waals surface area contributed by atoms with Crippen LogP contribution in [0.2, 0.25) is 10.0 Å². The summed E-state index contributed by atoms with van der Waals surface area (Å²) in [4.78, 5) is 30.5. The summed E-state index contributed by atoms with van der Waals surface area (Å²) in [5.74, 6) is 1.31. The van der Waals surface area contributed by atoms with E-state index in [4.69, 9.17) is 27.9 Å². The molecule has 0 bridgehead atoms. The van der Waals surface area contributed by atoms with E-state index < -0.39 is 0 Å². The highest BCUT2D eigenvalue weighted by molar-refractivity contribution is 9.10. The van der Waals surface area contributed by atoms with Crippen LogP contribution in [0.3, 0.4) is 0 Å². The summed E-state index contributed by atoms with van der Waals surface area (Å²) < 4.78 is 6.72. The molecule has 3 aromatic rings. The monoisotopic (exact) mass is 603 g/mol. The van der Waals surface area contributed by atoms with Crippen molar-refractivity contribution in [3.63, 3.8) is 0 Å². The van der Waals surface area contributed by atoms with Crippen LogP contribution in [0.1, 0.15) is 28.4 Å². The highest BCUT2D eigenvalue weighted by Gasteiger charge is 2.19. The predicted octanol–water partition coefficient (Wildman–Crippen LogP) is 6.48. The molecule has 1 saturated heterocycles. The molecule has 37 heavy (non-hydrogen) atoms. The third-order valence-electron chi connectivity index (χ3n) is 6.33. The lowest BCUT2D eigenvalue weighted by molar-refractivity contribution is -0.130. The van der Waals surface area contributed by atoms with Gasteiger partial charge in [0.25, 0.3) is 5.91 Å². The Morgan fingerprint density at radius 3 is 2.19 bits per heavy atom. The van der Waals surface area contributed by atoms with Gasteiger partial charge in [-0.3, -0.25) is 14.5 Å². The van der Waals surface area contributed by atoms with Gasteiger partial charge >= 0.3 is 0 Å². The van der Waals surface area contributed by atoms with Gasteiger partial charge in [0.05, 0.1) is 10.0 Å². The van der Waals surface area contributed by atoms with Crippen LogP contribution in [-0.2, 0) is 17.9 Å². The van der Waals surface area contributed by atoms with Gasteiger partial charge in [0.1, 0.15) is 11.5 Å². The molecular weight excluding hydrogens is 577 g/mol. The van der Waals surface area contributed by atoms with E-state index in [1.165, 1.54) is 0 Å². The molecule has 1 aliphatic rings. The molecule has 0 radical (unpaired) electrons. The Morgan fingerprint density at radius 2 is 1.57 bits per heavy atom. The minimum atomic E-state index is -0.0512. The molecule has 0 atom stereocenters. The minimum absolute atomic E-state index is 0.0512. The highest BCUT2D eigenvalue weighted by atomic mass is 79.9. The molecule has 4 rings (SSSR count). The lowest BCUT2D eigenvalue weighted by Crippen LogP contribution is -2.47. The summed E-state index contributed by atoms with van der Waals surface area (Å²) in [7, 11) is 1.79. The third kappa shape index (κ3) is 7.26. The van der Waals surface area contributed by atoms with Crippen molar-refractivity contribution in [2.45, 2.75) is 20.0 Å². The Bertz CT molecular complexity index is 1280. The number of hydrogen-bond acceptors (Lipinski definition) is 4. The van der Waals surface area contributed by atoms with Crippen LogP contribution in [-0.4, -0.2) is 59.7 Å². The van der Waals surface area contributed by atoms with Gasteiger partial charge in [-0.1, -0.05) is 57.3 Å². The van der Waals surface area contributed by atoms with Gasteiger partial charge < -0.3 is 14.5 Å². The first kappa shape index (κ1) is 27.5. The third-order valence-corrected chi connectivity index (χ3v) is 7.81. The van der Waals surface area contributed by atoms with Crippen molar-refractivity contribution in [3.8, 4) is 11.5 Å². The minimum Gasteiger partial charge on any atom is -0.457 e. The maximum Gasteiger partial charge on any atom is 0.253 e. The maximum atomic E-state index is 13.0. The van der Waals surface area contributed by atoms with E-state index >= 15 is 0 Å². The Balaban J connectivity index is 1.32. The fourth-order valence-corrected chi connectivity index (χ4v) is 4.95. The predicted molar refractivity (Wildman–Crippen MR) is 150 cm³/mol. The summed E-state index contributed by atoms with van der Waals surface area (Å²) in [6, 6.07) is 18.5. The second-order valence-corrected chi connectivity index (χ2v) is 10.7. The quantitative estimate of drug-likeness (QED) is 0.310. The molecular formula is C28H28BrCl2N3O3. The molecule has 0 N–H and O–H groups in total. The van der Waals surface area contributed by atoms with Gasteiger partial charge in [-0.2, -0.15) is 0 Å². The molecule has 6 nitrogen and oxygen atoms in total. The number of carbonyl (C=O) groups excluding carboxylic acids is 2. The zero-order valence-corrected chi connectivity index (χ0v) is 23.8. The summed E-state index contributed by atoms with van der Waals surface area (Å²) in [6.45, 7) is 6.09. The smallest absolute Gasteiger partial charge is 0.253 e. The standard InChI is InChI=1S/C28H28BrCl2N3O3/c1-19(35)34-13-11-33(12-14-34)17-20-3-5-21(6-4-20)28(36)32(2)18-22-7-8-23(15-25(22)29)37-24-9-10-26(30)27(31)16-24/h3-10,15-16H,11-14,17-18H2,1-2H3. The number of halogens is 3. The molecule has 3 aromatic carbocycles. The molecule has 194 valence electrons. The number of piperazine rings is 1. The van der Waals surface area contributed by atoms with Crippen LogP contribution < -0.4 is 4.74 Å². The van der Waals surface area contributed by atoms with Crippen LogP contribution in [0, 0.1) is 0 Å². The Labute approximate surface area is 235 Å². The molecule has 0 aromatic heterocycles. The molecule has 1 aliphatic heterocycles. The molecule has 0 unspecified atom stereocenters. The van der Waals surface area contributed by atoms with Crippen LogP contribution in [0.15, 0.2) is 65.1 Å². The number of hydrogen-bond donors (Lipinski definition) is 0. The van der Waals surface area contributed by atoms with E-state index in [1.54, 1.807) is 37.1 Å². The topological polar surface area (TPSA) is 53.1 Å². The van der Waals surface area contributed by atoms with Gasteiger partial charge in [0.2, 0.25) is 5.91 Å². The SMILES string of the molecule is CC(=O)N1CCN(Cc2ccc(C(=O)N(C)Cc3ccc(Oc4ccc(Cl)c(Cl)c4)cc3Br)cc2)CC1. The van der Waals surface area contributed by atoms with Crippen molar-refractivity contribution in [2.75, 3.05) is 33.2 Å². The number of benzene rings is 3. The summed E-state index contributed by atoms with van der Waals surface area (Å²) >= 11 is 15.6. The van der Waals surface area contributed by atoms with E-state index in [2.05, 4.69) is 20.8 Å². The Hall–Kier alpha value is -2.58. The van der Waals surface area contributed by atoms with E-state index in [0.717, 1.165) is 48.3 Å². The number of amides is 2. The number of nitrogens with zero attached hydrogens (tertiary/aromatic N) is 3. The molecule has 1 fully saturated rings. The first-order chi connectivity index (χ1) is 17.7. The van der Waals surface area contributed by atoms with Crippen molar-refractivity contribution >= 4 is 50.9 Å². The maximum absolute atomic E-state index is 13.0. The number of carbonyl (C=O) groups is 2. The van der Waals surface area contributed by atoms with E-state index in [9.17, 15) is 9.59 Å². The highest BCUT2D eigenvalue weighted by Crippen LogP contribution is 2.31. The van der Waals surface area contributed by atoms with Crippen LogP contribution in [0.4, 0.5) is 0 Å². The van der Waals surface area contributed by atoms with Crippen molar-refractivity contribution in [3.05, 3.63) is 91.9 Å². The van der Waals surface area contributed by atoms with Crippen LogP contribution in [0.25, 0.3) is 0 Å². The molecule has 9 heteroatoms. The van der Waals surface area contributed by atoms with Gasteiger partial charge in [-0.15, -0.1) is 0 Å². The molecule has 0 saturated carbocycles. The fourth-order valence-electron chi connectivity index (χ4n) is 4.18. The zero-order chi connectivity index (χ0) is 26.5. The second-order valence-electron chi connectivity index (χ2n) is 9.07. The second kappa shape index (κ2) is 12.3. The van der Waals surface area contributed by atoms with Gasteiger partial charge in [0.15, 0.2) is 0 Å². The zero-order valence-electron chi connectivity index (χ0n) is 20.7. The Kier molecular flexibility index (Phi) is 9.13. The van der Waals surface area contributed by atoms with E-state index in [1.807, 2.05) is 47.4 Å². The summed E-state index contributed by atoms with van der Waals surface area (Å²) in [5.41, 5.74) is 2.75. The molecule has 0 spiro atoms. The number of rotatable bonds is 7. The summed E-state index contributed by atoms with van der Waals surface area (Å²) in [5, 5.41) is 0.896. The molecule has 0 aliphatic carbocycles. The summed E-state index contributed by atoms with van der Waals surface area (Å²) in [6.07, 6.45) is 0. The largest absolute Gasteiger partial charge is 0.457 e. The van der Waals surface area contributed by atoms with Gasteiger partial charge in [0, 0.05) is 69.3 Å². The van der Waals surface area contributed by atoms with Gasteiger partial charge in [-0.05, 0) is 47.5 Å². The van der Waals surface area contributed by atoms with Gasteiger partial charge in [-0.25, -0.2) is 0 Å². The molecule has 2 amide bonds. The molecule has 1 heterocycles. The van der Waals surface area contributed by atoms with Crippen molar-refractivity contribution in [2.24, 2.45) is 0 Å².